The number of amides is 1. The lowest BCUT2D eigenvalue weighted by Crippen LogP contribution is -2.44. The maximum Gasteiger partial charge on any atom is 0.316 e. The molecule has 26 heavy (non-hydrogen) atoms. The van der Waals surface area contributed by atoms with Crippen LogP contribution in [0.4, 0.5) is 0 Å². The molecule has 0 unspecified atom stereocenters. The van der Waals surface area contributed by atoms with Gasteiger partial charge < -0.3 is 14.4 Å². The predicted octanol–water partition coefficient (Wildman–Crippen LogP) is 3.14. The molecule has 1 aromatic carbocycles. The molecular formula is C19H22ClN3O3. The molecule has 0 N–H and O–H groups in total. The first-order valence-corrected chi connectivity index (χ1v) is 9.07. The van der Waals surface area contributed by atoms with E-state index >= 15 is 0 Å². The van der Waals surface area contributed by atoms with Crippen LogP contribution in [0.5, 0.6) is 11.8 Å². The van der Waals surface area contributed by atoms with Gasteiger partial charge in [0.1, 0.15) is 11.9 Å². The zero-order valence-electron chi connectivity index (χ0n) is 14.7. The van der Waals surface area contributed by atoms with E-state index in [1.807, 2.05) is 29.2 Å². The van der Waals surface area contributed by atoms with Gasteiger partial charge >= 0.3 is 6.01 Å². The number of carbonyl (C=O) groups excluding carboxylic acids is 1. The molecule has 7 heteroatoms. The van der Waals surface area contributed by atoms with E-state index in [9.17, 15) is 4.79 Å². The van der Waals surface area contributed by atoms with Crippen LogP contribution in [0.2, 0.25) is 5.02 Å². The van der Waals surface area contributed by atoms with Crippen molar-refractivity contribution >= 4 is 17.5 Å². The number of aryl methyl sites for hydroxylation is 1. The van der Waals surface area contributed by atoms with Gasteiger partial charge in [-0.25, -0.2) is 9.97 Å². The number of carbonyl (C=O) groups is 1. The van der Waals surface area contributed by atoms with Crippen molar-refractivity contribution in [3.05, 3.63) is 47.2 Å². The molecule has 1 atom stereocenters. The third kappa shape index (κ3) is 5.08. The summed E-state index contributed by atoms with van der Waals surface area (Å²) < 4.78 is 10.9. The smallest absolute Gasteiger partial charge is 0.316 e. The Hall–Kier alpha value is -2.34. The van der Waals surface area contributed by atoms with Crippen molar-refractivity contribution in [2.24, 2.45) is 0 Å². The molecule has 0 aliphatic carbocycles. The molecule has 1 aromatic heterocycles. The molecule has 1 aliphatic heterocycles. The van der Waals surface area contributed by atoms with Crippen LogP contribution in [-0.4, -0.2) is 47.1 Å². The highest BCUT2D eigenvalue weighted by Gasteiger charge is 2.25. The highest BCUT2D eigenvalue weighted by Crippen LogP contribution is 2.18. The average Bonchev–Trinajstić information content (AvgIpc) is 2.68. The number of hydrogen-bond donors (Lipinski definition) is 0. The second-order valence-electron chi connectivity index (χ2n) is 6.25. The fourth-order valence-electron chi connectivity index (χ4n) is 2.97. The van der Waals surface area contributed by atoms with Crippen LogP contribution in [0, 0.1) is 0 Å². The molecule has 0 spiro atoms. The van der Waals surface area contributed by atoms with Gasteiger partial charge in [-0.05, 0) is 37.0 Å². The van der Waals surface area contributed by atoms with Crippen LogP contribution < -0.4 is 9.47 Å². The summed E-state index contributed by atoms with van der Waals surface area (Å²) in [5.74, 6) is 0.964. The quantitative estimate of drug-likeness (QED) is 0.776. The van der Waals surface area contributed by atoms with Crippen molar-refractivity contribution < 1.29 is 14.3 Å². The minimum Gasteiger partial charge on any atom is -0.497 e. The lowest BCUT2D eigenvalue weighted by Gasteiger charge is -2.32. The summed E-state index contributed by atoms with van der Waals surface area (Å²) in [6.45, 7) is 1.33. The minimum absolute atomic E-state index is 0.0881. The zero-order chi connectivity index (χ0) is 18.4. The first-order valence-electron chi connectivity index (χ1n) is 8.69. The first kappa shape index (κ1) is 18.5. The maximum atomic E-state index is 12.5. The van der Waals surface area contributed by atoms with Crippen LogP contribution in [0.1, 0.15) is 24.8 Å². The molecule has 6 nitrogen and oxygen atoms in total. The van der Waals surface area contributed by atoms with Gasteiger partial charge in [-0.15, -0.1) is 0 Å². The number of methoxy groups -OCH3 is 1. The Bertz CT molecular complexity index is 722. The van der Waals surface area contributed by atoms with E-state index in [4.69, 9.17) is 21.1 Å². The normalized spacial score (nSPS) is 17.0. The molecule has 0 bridgehead atoms. The predicted molar refractivity (Wildman–Crippen MR) is 98.6 cm³/mol. The monoisotopic (exact) mass is 375 g/mol. The van der Waals surface area contributed by atoms with Crippen LogP contribution in [-0.2, 0) is 11.2 Å². The molecule has 1 aliphatic rings. The average molecular weight is 376 g/mol. The van der Waals surface area contributed by atoms with Crippen molar-refractivity contribution in [3.63, 3.8) is 0 Å². The first-order chi connectivity index (χ1) is 12.6. The fourth-order valence-corrected chi connectivity index (χ4v) is 3.07. The summed E-state index contributed by atoms with van der Waals surface area (Å²) in [6.07, 6.45) is 5.91. The van der Waals surface area contributed by atoms with Gasteiger partial charge in [0.05, 0.1) is 31.1 Å². The Labute approximate surface area is 158 Å². The molecule has 0 radical (unpaired) electrons. The Morgan fingerprint density at radius 1 is 1.27 bits per heavy atom. The summed E-state index contributed by atoms with van der Waals surface area (Å²) >= 11 is 5.78. The zero-order valence-corrected chi connectivity index (χ0v) is 15.5. The van der Waals surface area contributed by atoms with Crippen molar-refractivity contribution in [2.45, 2.75) is 31.8 Å². The largest absolute Gasteiger partial charge is 0.497 e. The molecule has 1 fully saturated rings. The number of nitrogens with zero attached hydrogens (tertiary/aromatic N) is 3. The number of hydrogen-bond acceptors (Lipinski definition) is 5. The molecule has 0 saturated carbocycles. The number of rotatable bonds is 6. The molecule has 1 amide bonds. The van der Waals surface area contributed by atoms with E-state index in [1.54, 1.807) is 7.11 Å². The summed E-state index contributed by atoms with van der Waals surface area (Å²) in [5, 5.41) is 0.469. The van der Waals surface area contributed by atoms with Gasteiger partial charge in [0.2, 0.25) is 5.91 Å². The van der Waals surface area contributed by atoms with E-state index in [1.165, 1.54) is 12.4 Å². The van der Waals surface area contributed by atoms with Gasteiger partial charge in [-0.1, -0.05) is 23.7 Å². The van der Waals surface area contributed by atoms with Crippen molar-refractivity contribution in [1.29, 1.82) is 0 Å². The van der Waals surface area contributed by atoms with E-state index in [2.05, 4.69) is 9.97 Å². The van der Waals surface area contributed by atoms with Crippen LogP contribution in [0.3, 0.4) is 0 Å². The topological polar surface area (TPSA) is 64.5 Å². The highest BCUT2D eigenvalue weighted by atomic mass is 35.5. The van der Waals surface area contributed by atoms with Gasteiger partial charge in [0.15, 0.2) is 0 Å². The maximum absolute atomic E-state index is 12.5. The standard InChI is InChI=1S/C19H22ClN3O3/c1-25-16-7-4-14(5-8-16)6-9-18(24)23-10-2-3-17(13-23)26-19-21-11-15(20)12-22-19/h4-5,7-8,11-12,17H,2-3,6,9-10,13H2,1H3/t17-/m0/s1. The molecule has 138 valence electrons. The third-order valence-corrected chi connectivity index (χ3v) is 4.58. The summed E-state index contributed by atoms with van der Waals surface area (Å²) in [7, 11) is 1.64. The van der Waals surface area contributed by atoms with Gasteiger partial charge in [0, 0.05) is 13.0 Å². The number of benzene rings is 1. The van der Waals surface area contributed by atoms with Crippen LogP contribution >= 0.6 is 11.6 Å². The molecule has 1 saturated heterocycles. The van der Waals surface area contributed by atoms with Crippen LogP contribution in [0.15, 0.2) is 36.7 Å². The van der Waals surface area contributed by atoms with Gasteiger partial charge in [-0.3, -0.25) is 4.79 Å². The number of halogens is 1. The SMILES string of the molecule is COc1ccc(CCC(=O)N2CCC[C@H](Oc3ncc(Cl)cn3)C2)cc1. The van der Waals surface area contributed by atoms with E-state index < -0.39 is 0 Å². The Morgan fingerprint density at radius 2 is 2.00 bits per heavy atom. The second kappa shape index (κ2) is 8.85. The Morgan fingerprint density at radius 3 is 2.69 bits per heavy atom. The number of piperidine rings is 1. The minimum atomic E-state index is -0.0881. The number of ether oxygens (including phenoxy) is 2. The Balaban J connectivity index is 1.49. The van der Waals surface area contributed by atoms with E-state index in [0.29, 0.717) is 30.4 Å². The summed E-state index contributed by atoms with van der Waals surface area (Å²) in [5.41, 5.74) is 1.12. The Kier molecular flexibility index (Phi) is 6.28. The summed E-state index contributed by atoms with van der Waals surface area (Å²) in [4.78, 5) is 22.5. The molecule has 3 rings (SSSR count). The fraction of sp³-hybridized carbons (Fsp3) is 0.421. The molecule has 2 aromatic rings. The van der Waals surface area contributed by atoms with E-state index in [0.717, 1.165) is 30.7 Å². The van der Waals surface area contributed by atoms with E-state index in [-0.39, 0.29) is 12.0 Å². The van der Waals surface area contributed by atoms with Crippen molar-refractivity contribution in [1.82, 2.24) is 14.9 Å². The van der Waals surface area contributed by atoms with Crippen molar-refractivity contribution in [2.75, 3.05) is 20.2 Å². The number of aromatic nitrogens is 2. The van der Waals surface area contributed by atoms with Crippen molar-refractivity contribution in [3.8, 4) is 11.8 Å². The second-order valence-corrected chi connectivity index (χ2v) is 6.69. The third-order valence-electron chi connectivity index (χ3n) is 4.39. The summed E-state index contributed by atoms with van der Waals surface area (Å²) in [6, 6.07) is 8.11. The van der Waals surface area contributed by atoms with Gasteiger partial charge in [-0.2, -0.15) is 0 Å². The molecule has 2 heterocycles. The lowest BCUT2D eigenvalue weighted by atomic mass is 10.1. The molecular weight excluding hydrogens is 354 g/mol. The van der Waals surface area contributed by atoms with Gasteiger partial charge in [0.25, 0.3) is 0 Å². The lowest BCUT2D eigenvalue weighted by molar-refractivity contribution is -0.133. The highest BCUT2D eigenvalue weighted by molar-refractivity contribution is 6.30. The van der Waals surface area contributed by atoms with Crippen LogP contribution in [0.25, 0.3) is 0 Å². The number of likely N-dealkylation sites (tertiary alicyclic amines) is 1.